The monoisotopic (exact) mass is 317 g/mol. The van der Waals surface area contributed by atoms with Crippen LogP contribution in [0.1, 0.15) is 84.0 Å². The van der Waals surface area contributed by atoms with E-state index in [4.69, 9.17) is 4.74 Å². The van der Waals surface area contributed by atoms with Gasteiger partial charge in [0.1, 0.15) is 0 Å². The summed E-state index contributed by atoms with van der Waals surface area (Å²) < 4.78 is 5.64. The Morgan fingerprint density at radius 3 is 2.57 bits per heavy atom. The van der Waals surface area contributed by atoms with E-state index in [1.54, 1.807) is 0 Å². The van der Waals surface area contributed by atoms with E-state index in [1.807, 2.05) is 7.11 Å². The van der Waals surface area contributed by atoms with Crippen molar-refractivity contribution >= 4 is 0 Å². The normalized spacial score (nSPS) is 43.3. The number of hydrogen-bond acceptors (Lipinski definition) is 2. The van der Waals surface area contributed by atoms with Crippen LogP contribution in [0.25, 0.3) is 0 Å². The van der Waals surface area contributed by atoms with Crippen molar-refractivity contribution in [2.75, 3.05) is 7.11 Å². The third kappa shape index (κ3) is 3.60. The lowest BCUT2D eigenvalue weighted by Gasteiger charge is -2.52. The van der Waals surface area contributed by atoms with Crippen molar-refractivity contribution in [1.29, 1.82) is 5.26 Å². The van der Waals surface area contributed by atoms with E-state index in [-0.39, 0.29) is 5.41 Å². The molecular formula is C21H35NO. The smallest absolute Gasteiger partial charge is 0.0689 e. The van der Waals surface area contributed by atoms with Crippen LogP contribution in [0.5, 0.6) is 0 Å². The maximum Gasteiger partial charge on any atom is 0.0689 e. The molecule has 6 unspecified atom stereocenters. The van der Waals surface area contributed by atoms with Crippen LogP contribution in [0, 0.1) is 40.4 Å². The molecule has 0 aromatic carbocycles. The van der Waals surface area contributed by atoms with Gasteiger partial charge >= 0.3 is 0 Å². The molecule has 0 aliphatic heterocycles. The summed E-state index contributed by atoms with van der Waals surface area (Å²) >= 11 is 0. The molecule has 0 bridgehead atoms. The van der Waals surface area contributed by atoms with Gasteiger partial charge in [-0.25, -0.2) is 0 Å². The van der Waals surface area contributed by atoms with Crippen LogP contribution in [0.2, 0.25) is 0 Å². The van der Waals surface area contributed by atoms with Crippen LogP contribution in [-0.2, 0) is 4.74 Å². The predicted molar refractivity (Wildman–Crippen MR) is 93.9 cm³/mol. The molecule has 0 N–H and O–H groups in total. The molecule has 3 aliphatic carbocycles. The molecule has 3 fully saturated rings. The lowest BCUT2D eigenvalue weighted by atomic mass is 9.53. The SMILES string of the molecule is CCCCCC1(C#N)CCC2C(CCC3CC(OC)CCC32)C1. The summed E-state index contributed by atoms with van der Waals surface area (Å²) in [4.78, 5) is 0. The van der Waals surface area contributed by atoms with Gasteiger partial charge in [0.25, 0.3) is 0 Å². The van der Waals surface area contributed by atoms with Crippen LogP contribution in [0.4, 0.5) is 0 Å². The third-order valence-electron chi connectivity index (χ3n) is 7.50. The Kier molecular flexibility index (Phi) is 5.68. The fraction of sp³-hybridized carbons (Fsp3) is 0.952. The first-order valence-electron chi connectivity index (χ1n) is 10.2. The molecule has 0 heterocycles. The molecule has 6 atom stereocenters. The fourth-order valence-electron chi connectivity index (χ4n) is 6.19. The van der Waals surface area contributed by atoms with Gasteiger partial charge in [-0.15, -0.1) is 0 Å². The number of methoxy groups -OCH3 is 1. The van der Waals surface area contributed by atoms with Crippen LogP contribution in [0.15, 0.2) is 0 Å². The molecule has 2 nitrogen and oxygen atoms in total. The van der Waals surface area contributed by atoms with E-state index in [9.17, 15) is 5.26 Å². The van der Waals surface area contributed by atoms with Crippen LogP contribution in [0.3, 0.4) is 0 Å². The highest BCUT2D eigenvalue weighted by Gasteiger charge is 2.48. The highest BCUT2D eigenvalue weighted by Crippen LogP contribution is 2.56. The van der Waals surface area contributed by atoms with Gasteiger partial charge in [0.15, 0.2) is 0 Å². The second kappa shape index (κ2) is 7.56. The number of hydrogen-bond donors (Lipinski definition) is 0. The number of nitrogens with zero attached hydrogens (tertiary/aromatic N) is 1. The van der Waals surface area contributed by atoms with Crippen LogP contribution in [-0.4, -0.2) is 13.2 Å². The first-order valence-corrected chi connectivity index (χ1v) is 10.2. The molecule has 23 heavy (non-hydrogen) atoms. The fourth-order valence-corrected chi connectivity index (χ4v) is 6.19. The third-order valence-corrected chi connectivity index (χ3v) is 7.50. The summed E-state index contributed by atoms with van der Waals surface area (Å²) in [5.41, 5.74) is 0.0207. The van der Waals surface area contributed by atoms with Crippen molar-refractivity contribution in [2.24, 2.45) is 29.1 Å². The van der Waals surface area contributed by atoms with Gasteiger partial charge in [-0.2, -0.15) is 5.26 Å². The first kappa shape index (κ1) is 17.3. The largest absolute Gasteiger partial charge is 0.381 e. The second-order valence-electron chi connectivity index (χ2n) is 8.69. The van der Waals surface area contributed by atoms with Crippen molar-refractivity contribution in [1.82, 2.24) is 0 Å². The Balaban J connectivity index is 1.62. The standard InChI is InChI=1S/C21H35NO/c1-3-4-5-11-21(15-22)12-10-20-17(14-21)7-6-16-13-18(23-2)8-9-19(16)20/h16-20H,3-14H2,1-2H3. The van der Waals surface area contributed by atoms with Gasteiger partial charge in [0, 0.05) is 7.11 Å². The predicted octanol–water partition coefficient (Wildman–Crippen LogP) is 5.72. The molecular weight excluding hydrogens is 282 g/mol. The molecule has 0 aromatic heterocycles. The van der Waals surface area contributed by atoms with Crippen molar-refractivity contribution < 1.29 is 4.74 Å². The molecule has 0 aromatic rings. The lowest BCUT2D eigenvalue weighted by Crippen LogP contribution is -2.44. The summed E-state index contributed by atoms with van der Waals surface area (Å²) in [7, 11) is 1.88. The zero-order valence-electron chi connectivity index (χ0n) is 15.2. The van der Waals surface area contributed by atoms with Crippen molar-refractivity contribution in [3.63, 3.8) is 0 Å². The van der Waals surface area contributed by atoms with Crippen molar-refractivity contribution in [3.8, 4) is 6.07 Å². The molecule has 0 spiro atoms. The number of ether oxygens (including phenoxy) is 1. The van der Waals surface area contributed by atoms with Gasteiger partial charge in [-0.3, -0.25) is 0 Å². The maximum absolute atomic E-state index is 9.86. The number of fused-ring (bicyclic) bond motifs is 3. The Labute approximate surface area is 143 Å². The topological polar surface area (TPSA) is 33.0 Å². The number of nitriles is 1. The van der Waals surface area contributed by atoms with E-state index < -0.39 is 0 Å². The Bertz CT molecular complexity index is 428. The van der Waals surface area contributed by atoms with Crippen molar-refractivity contribution in [3.05, 3.63) is 0 Å². The Hall–Kier alpha value is -0.550. The quantitative estimate of drug-likeness (QED) is 0.608. The minimum Gasteiger partial charge on any atom is -0.381 e. The summed E-state index contributed by atoms with van der Waals surface area (Å²) in [5, 5.41) is 9.86. The minimum atomic E-state index is 0.0207. The highest BCUT2D eigenvalue weighted by molar-refractivity contribution is 5.06. The number of unbranched alkanes of at least 4 members (excludes halogenated alkanes) is 2. The van der Waals surface area contributed by atoms with Gasteiger partial charge in [-0.05, 0) is 81.5 Å². The van der Waals surface area contributed by atoms with E-state index in [0.717, 1.165) is 30.1 Å². The van der Waals surface area contributed by atoms with Gasteiger partial charge in [-0.1, -0.05) is 26.2 Å². The zero-order chi connectivity index (χ0) is 16.3. The van der Waals surface area contributed by atoms with Crippen LogP contribution >= 0.6 is 0 Å². The average molecular weight is 318 g/mol. The molecule has 0 saturated heterocycles. The second-order valence-corrected chi connectivity index (χ2v) is 8.69. The zero-order valence-corrected chi connectivity index (χ0v) is 15.2. The molecule has 0 radical (unpaired) electrons. The van der Waals surface area contributed by atoms with Gasteiger partial charge < -0.3 is 4.74 Å². The summed E-state index contributed by atoms with van der Waals surface area (Å²) in [6, 6.07) is 2.78. The van der Waals surface area contributed by atoms with E-state index in [2.05, 4.69) is 13.0 Å². The maximum atomic E-state index is 9.86. The Morgan fingerprint density at radius 2 is 1.83 bits per heavy atom. The molecule has 3 saturated carbocycles. The summed E-state index contributed by atoms with van der Waals surface area (Å²) in [6.45, 7) is 2.26. The molecule has 3 rings (SSSR count). The molecule has 130 valence electrons. The lowest BCUT2D eigenvalue weighted by molar-refractivity contribution is -0.0473. The molecule has 0 amide bonds. The Morgan fingerprint density at radius 1 is 1.04 bits per heavy atom. The minimum absolute atomic E-state index is 0.0207. The van der Waals surface area contributed by atoms with Crippen LogP contribution < -0.4 is 0 Å². The summed E-state index contributed by atoms with van der Waals surface area (Å²) in [5.74, 6) is 3.60. The number of rotatable bonds is 5. The van der Waals surface area contributed by atoms with Crippen molar-refractivity contribution in [2.45, 2.75) is 90.1 Å². The van der Waals surface area contributed by atoms with Gasteiger partial charge in [0.2, 0.25) is 0 Å². The molecule has 2 heteroatoms. The highest BCUT2D eigenvalue weighted by atomic mass is 16.5. The molecule has 3 aliphatic rings. The van der Waals surface area contributed by atoms with Gasteiger partial charge in [0.05, 0.1) is 17.6 Å². The van der Waals surface area contributed by atoms with E-state index in [1.165, 1.54) is 70.6 Å². The average Bonchev–Trinajstić information content (AvgIpc) is 2.61. The van der Waals surface area contributed by atoms with E-state index >= 15 is 0 Å². The summed E-state index contributed by atoms with van der Waals surface area (Å²) in [6.07, 6.45) is 15.9. The van der Waals surface area contributed by atoms with E-state index in [0.29, 0.717) is 6.10 Å². The first-order chi connectivity index (χ1) is 11.2.